The standard InChI is InChI=1S/C25H27F2N5O2S/c26-18-5-6-21-23(11-18)34-8-2-1-7-33-20-10-17(15-35(28,29)14-16-3-4-16)9-19(12-20)31-25-30-13-22(27)24(21)32-25/h5-6,9-13,16,28-29H,1-4,7-8,14-15H2,(H,30,31,32). The van der Waals surface area contributed by atoms with Crippen molar-refractivity contribution in [2.24, 2.45) is 5.92 Å². The van der Waals surface area contributed by atoms with E-state index in [2.05, 4.69) is 15.3 Å². The maximum absolute atomic E-state index is 14.7. The van der Waals surface area contributed by atoms with Gasteiger partial charge in [-0.15, -0.1) is 0 Å². The fourth-order valence-corrected chi connectivity index (χ4v) is 6.05. The third-order valence-corrected chi connectivity index (χ3v) is 7.73. The molecule has 0 atom stereocenters. The van der Waals surface area contributed by atoms with E-state index in [-0.39, 0.29) is 17.4 Å². The van der Waals surface area contributed by atoms with Gasteiger partial charge in [-0.25, -0.2) is 18.7 Å². The lowest BCUT2D eigenvalue weighted by Crippen LogP contribution is -2.08. The summed E-state index contributed by atoms with van der Waals surface area (Å²) in [5.74, 6) is 1.35. The van der Waals surface area contributed by atoms with Crippen molar-refractivity contribution < 1.29 is 18.3 Å². The average molecular weight is 500 g/mol. The molecular weight excluding hydrogens is 472 g/mol. The second-order valence-electron chi connectivity index (χ2n) is 9.06. The van der Waals surface area contributed by atoms with Gasteiger partial charge in [0.2, 0.25) is 5.95 Å². The van der Waals surface area contributed by atoms with E-state index in [1.165, 1.54) is 18.2 Å². The Balaban J connectivity index is 1.51. The van der Waals surface area contributed by atoms with Gasteiger partial charge < -0.3 is 14.8 Å². The van der Waals surface area contributed by atoms with Crippen LogP contribution in [0.2, 0.25) is 0 Å². The number of aromatic nitrogens is 2. The number of ether oxygens (including phenoxy) is 2. The average Bonchev–Trinajstić information content (AvgIpc) is 3.60. The van der Waals surface area contributed by atoms with Crippen LogP contribution in [0.15, 0.2) is 42.6 Å². The van der Waals surface area contributed by atoms with Crippen LogP contribution >= 0.6 is 0 Å². The topological polar surface area (TPSA) is 104 Å². The number of rotatable bonds is 4. The zero-order chi connectivity index (χ0) is 24.4. The Kier molecular flexibility index (Phi) is 6.55. The number of fused-ring (bicyclic) bond motifs is 6. The Bertz CT molecular complexity index is 1350. The normalized spacial score (nSPS) is 16.1. The molecule has 1 saturated carbocycles. The van der Waals surface area contributed by atoms with Crippen molar-refractivity contribution in [2.45, 2.75) is 31.4 Å². The summed E-state index contributed by atoms with van der Waals surface area (Å²) >= 11 is 0. The van der Waals surface area contributed by atoms with Crippen LogP contribution in [0.3, 0.4) is 0 Å². The number of hydrogen-bond donors (Lipinski definition) is 3. The third kappa shape index (κ3) is 6.05. The highest BCUT2D eigenvalue weighted by atomic mass is 32.2. The number of nitrogens with zero attached hydrogens (tertiary/aromatic N) is 2. The van der Waals surface area contributed by atoms with Gasteiger partial charge in [0.1, 0.15) is 23.0 Å². The SMILES string of the molecule is N=S(=N)(Cc1cc2cc(c1)OCCCCOc1cc(F)ccc1-c1nc(ncc1F)N2)CC1CC1. The first-order valence-corrected chi connectivity index (χ1v) is 13.6. The molecule has 35 heavy (non-hydrogen) atoms. The molecule has 2 aromatic carbocycles. The maximum Gasteiger partial charge on any atom is 0.227 e. The van der Waals surface area contributed by atoms with E-state index >= 15 is 0 Å². The van der Waals surface area contributed by atoms with Crippen LogP contribution in [0, 0.1) is 27.1 Å². The van der Waals surface area contributed by atoms with E-state index in [0.717, 1.165) is 24.6 Å². The summed E-state index contributed by atoms with van der Waals surface area (Å²) in [4.78, 5) is 8.42. The molecule has 2 heterocycles. The van der Waals surface area contributed by atoms with E-state index in [4.69, 9.17) is 19.0 Å². The van der Waals surface area contributed by atoms with Crippen LogP contribution in [0.25, 0.3) is 11.3 Å². The molecule has 10 heteroatoms. The van der Waals surface area contributed by atoms with Crippen LogP contribution in [0.5, 0.6) is 11.5 Å². The summed E-state index contributed by atoms with van der Waals surface area (Å²) < 4.78 is 57.4. The number of anilines is 2. The smallest absolute Gasteiger partial charge is 0.227 e. The minimum Gasteiger partial charge on any atom is -0.494 e. The number of nitrogens with one attached hydrogen (secondary N) is 3. The molecular formula is C25H27F2N5O2S. The van der Waals surface area contributed by atoms with Crippen molar-refractivity contribution >= 4 is 21.3 Å². The Morgan fingerprint density at radius 1 is 1.03 bits per heavy atom. The lowest BCUT2D eigenvalue weighted by atomic mass is 10.1. The molecule has 5 rings (SSSR count). The molecule has 1 aliphatic carbocycles. The van der Waals surface area contributed by atoms with Crippen LogP contribution in [0.4, 0.5) is 20.4 Å². The maximum atomic E-state index is 14.7. The molecule has 7 nitrogen and oxygen atoms in total. The highest BCUT2D eigenvalue weighted by Gasteiger charge is 2.25. The minimum atomic E-state index is -2.26. The first-order valence-electron chi connectivity index (χ1n) is 11.6. The Morgan fingerprint density at radius 3 is 2.63 bits per heavy atom. The highest BCUT2D eigenvalue weighted by molar-refractivity contribution is 7.92. The second kappa shape index (κ2) is 9.77. The number of benzene rings is 2. The van der Waals surface area contributed by atoms with Gasteiger partial charge in [0.05, 0.1) is 19.4 Å². The van der Waals surface area contributed by atoms with E-state index in [0.29, 0.717) is 60.5 Å². The van der Waals surface area contributed by atoms with E-state index in [1.807, 2.05) is 12.1 Å². The quantitative estimate of drug-likeness (QED) is 0.390. The first kappa shape index (κ1) is 23.5. The molecule has 184 valence electrons. The summed E-state index contributed by atoms with van der Waals surface area (Å²) in [6, 6.07) is 9.47. The Morgan fingerprint density at radius 2 is 1.83 bits per heavy atom. The monoisotopic (exact) mass is 499 g/mol. The molecule has 1 aromatic heterocycles. The molecule has 0 amide bonds. The van der Waals surface area contributed by atoms with Crippen molar-refractivity contribution in [2.75, 3.05) is 24.3 Å². The van der Waals surface area contributed by atoms with Crippen molar-refractivity contribution in [1.29, 1.82) is 9.56 Å². The molecule has 4 bridgehead atoms. The molecule has 3 N–H and O–H groups in total. The fourth-order valence-electron chi connectivity index (χ4n) is 4.06. The summed E-state index contributed by atoms with van der Waals surface area (Å²) in [7, 11) is -2.26. The van der Waals surface area contributed by atoms with Crippen molar-refractivity contribution in [1.82, 2.24) is 9.97 Å². The largest absolute Gasteiger partial charge is 0.494 e. The summed E-state index contributed by atoms with van der Waals surface area (Å²) in [5, 5.41) is 3.10. The number of halogens is 2. The van der Waals surface area contributed by atoms with Gasteiger partial charge in [-0.2, -0.15) is 0 Å². The van der Waals surface area contributed by atoms with E-state index in [1.54, 1.807) is 6.07 Å². The Labute approximate surface area is 203 Å². The van der Waals surface area contributed by atoms with Crippen LogP contribution in [0.1, 0.15) is 31.2 Å². The zero-order valence-electron chi connectivity index (χ0n) is 19.2. The van der Waals surface area contributed by atoms with E-state index in [9.17, 15) is 8.78 Å². The van der Waals surface area contributed by atoms with Gasteiger partial charge >= 0.3 is 0 Å². The van der Waals surface area contributed by atoms with Gasteiger partial charge in [-0.1, -0.05) is 9.62 Å². The summed E-state index contributed by atoms with van der Waals surface area (Å²) in [6.45, 7) is 0.761. The highest BCUT2D eigenvalue weighted by Crippen LogP contribution is 2.34. The summed E-state index contributed by atoms with van der Waals surface area (Å²) in [6.07, 6.45) is 4.66. The van der Waals surface area contributed by atoms with Gasteiger partial charge in [-0.3, -0.25) is 9.56 Å². The molecule has 3 aromatic rings. The predicted molar refractivity (Wildman–Crippen MR) is 131 cm³/mol. The lowest BCUT2D eigenvalue weighted by Gasteiger charge is -2.15. The van der Waals surface area contributed by atoms with Crippen LogP contribution < -0.4 is 14.8 Å². The van der Waals surface area contributed by atoms with Gasteiger partial charge in [0.15, 0.2) is 5.82 Å². The number of hydrogen-bond acceptors (Lipinski definition) is 7. The molecule has 0 radical (unpaired) electrons. The fraction of sp³-hybridized carbons (Fsp3) is 0.360. The molecule has 2 aliphatic rings. The minimum absolute atomic E-state index is 0.00483. The Hall–Kier alpha value is -3.27. The van der Waals surface area contributed by atoms with E-state index < -0.39 is 21.3 Å². The molecule has 0 saturated heterocycles. The van der Waals surface area contributed by atoms with Gasteiger partial charge in [-0.05, 0) is 61.4 Å². The summed E-state index contributed by atoms with van der Waals surface area (Å²) in [5.41, 5.74) is 1.81. The molecule has 1 aliphatic heterocycles. The van der Waals surface area contributed by atoms with Gasteiger partial charge in [0.25, 0.3) is 0 Å². The van der Waals surface area contributed by atoms with Crippen molar-refractivity contribution in [3.8, 4) is 22.8 Å². The van der Waals surface area contributed by atoms with Crippen molar-refractivity contribution in [3.05, 3.63) is 59.8 Å². The molecule has 1 fully saturated rings. The van der Waals surface area contributed by atoms with Gasteiger partial charge in [0, 0.05) is 34.9 Å². The zero-order valence-corrected chi connectivity index (χ0v) is 20.0. The molecule has 0 unspecified atom stereocenters. The van der Waals surface area contributed by atoms with Crippen LogP contribution in [-0.4, -0.2) is 28.9 Å². The lowest BCUT2D eigenvalue weighted by molar-refractivity contribution is 0.266. The predicted octanol–water partition coefficient (Wildman–Crippen LogP) is 6.31. The second-order valence-corrected chi connectivity index (χ2v) is 11.5. The van der Waals surface area contributed by atoms with Crippen LogP contribution in [-0.2, 0) is 15.4 Å². The van der Waals surface area contributed by atoms with Crippen molar-refractivity contribution in [3.63, 3.8) is 0 Å². The third-order valence-electron chi connectivity index (χ3n) is 5.86. The first-order chi connectivity index (χ1) is 16.8. The molecule has 0 spiro atoms.